The van der Waals surface area contributed by atoms with Crippen LogP contribution < -0.4 is 0 Å². The average molecular weight is 447 g/mol. The molecular formula is C26H55O3P. The van der Waals surface area contributed by atoms with Crippen molar-refractivity contribution in [3.63, 3.8) is 0 Å². The molecule has 0 saturated heterocycles. The molecule has 0 saturated carbocycles. The molecule has 0 amide bonds. The molecule has 0 aromatic carbocycles. The van der Waals surface area contributed by atoms with Gasteiger partial charge in [-0.25, -0.2) is 0 Å². The third kappa shape index (κ3) is 21.4. The molecule has 0 fully saturated rings. The monoisotopic (exact) mass is 446 g/mol. The molecule has 0 bridgehead atoms. The average Bonchev–Trinajstić information content (AvgIpc) is 2.73. The third-order valence-electron chi connectivity index (χ3n) is 5.68. The van der Waals surface area contributed by atoms with E-state index in [4.69, 9.17) is 9.05 Å². The van der Waals surface area contributed by atoms with Gasteiger partial charge >= 0.3 is 7.60 Å². The number of hydrogen-bond acceptors (Lipinski definition) is 3. The maximum atomic E-state index is 12.8. The summed E-state index contributed by atoms with van der Waals surface area (Å²) >= 11 is 0. The Labute approximate surface area is 190 Å². The van der Waals surface area contributed by atoms with Crippen molar-refractivity contribution in [3.05, 3.63) is 0 Å². The van der Waals surface area contributed by atoms with Gasteiger partial charge < -0.3 is 9.05 Å². The topological polar surface area (TPSA) is 35.5 Å². The van der Waals surface area contributed by atoms with Crippen LogP contribution in [0.3, 0.4) is 0 Å². The summed E-state index contributed by atoms with van der Waals surface area (Å²) in [6.45, 7) is 9.67. The second kappa shape index (κ2) is 22.3. The predicted octanol–water partition coefficient (Wildman–Crippen LogP) is 9.93. The fraction of sp³-hybridized carbons (Fsp3) is 1.00. The van der Waals surface area contributed by atoms with E-state index in [1.54, 1.807) is 0 Å². The van der Waals surface area contributed by atoms with Gasteiger partial charge in [0.2, 0.25) is 0 Å². The molecule has 0 aliphatic heterocycles. The molecule has 0 N–H and O–H groups in total. The van der Waals surface area contributed by atoms with Crippen LogP contribution in [-0.2, 0) is 13.6 Å². The summed E-state index contributed by atoms with van der Waals surface area (Å²) in [5.74, 6) is 0.388. The second-order valence-corrected chi connectivity index (χ2v) is 11.7. The van der Waals surface area contributed by atoms with Crippen LogP contribution in [0.1, 0.15) is 143 Å². The van der Waals surface area contributed by atoms with Crippen molar-refractivity contribution in [1.82, 2.24) is 0 Å². The highest BCUT2D eigenvalue weighted by atomic mass is 31.2. The molecule has 0 aromatic rings. The minimum Gasteiger partial charge on any atom is -0.309 e. The number of rotatable bonds is 24. The lowest BCUT2D eigenvalue weighted by Gasteiger charge is -2.19. The molecule has 0 spiro atoms. The Morgan fingerprint density at radius 2 is 0.967 bits per heavy atom. The fourth-order valence-corrected chi connectivity index (χ4v) is 5.60. The Bertz CT molecular complexity index is 384. The van der Waals surface area contributed by atoms with E-state index in [-0.39, 0.29) is 0 Å². The molecule has 4 heteroatoms. The first-order valence-electron chi connectivity index (χ1n) is 13.4. The Kier molecular flexibility index (Phi) is 22.5. The maximum Gasteiger partial charge on any atom is 0.330 e. The lowest BCUT2D eigenvalue weighted by atomic mass is 10.0. The van der Waals surface area contributed by atoms with Gasteiger partial charge in [-0.15, -0.1) is 0 Å². The molecule has 0 aliphatic rings. The summed E-state index contributed by atoms with van der Waals surface area (Å²) in [7, 11) is -2.88. The summed E-state index contributed by atoms with van der Waals surface area (Å²) in [4.78, 5) is 0. The zero-order valence-corrected chi connectivity index (χ0v) is 22.0. The molecule has 0 aromatic heterocycles. The molecule has 3 nitrogen and oxygen atoms in total. The first kappa shape index (κ1) is 30.1. The highest BCUT2D eigenvalue weighted by Gasteiger charge is 2.24. The van der Waals surface area contributed by atoms with Crippen LogP contribution >= 0.6 is 7.60 Å². The standard InChI is InChI=1S/C26H55O3P/c1-5-7-9-10-11-12-13-14-15-16-17-18-19-20-21-22-23-28-30(27,24-8-6-2)29-25-26(3)4/h26H,5-25H2,1-4H3. The van der Waals surface area contributed by atoms with Crippen LogP contribution in [0.5, 0.6) is 0 Å². The van der Waals surface area contributed by atoms with Gasteiger partial charge in [0.05, 0.1) is 19.4 Å². The van der Waals surface area contributed by atoms with Gasteiger partial charge in [0.1, 0.15) is 0 Å². The van der Waals surface area contributed by atoms with Gasteiger partial charge in [0.25, 0.3) is 0 Å². The fourth-order valence-electron chi connectivity index (χ4n) is 3.63. The highest BCUT2D eigenvalue weighted by Crippen LogP contribution is 2.49. The van der Waals surface area contributed by atoms with E-state index in [0.29, 0.717) is 25.3 Å². The molecule has 182 valence electrons. The van der Waals surface area contributed by atoms with E-state index in [1.807, 2.05) is 0 Å². The molecule has 0 rings (SSSR count). The summed E-state index contributed by atoms with van der Waals surface area (Å²) in [5, 5.41) is 0. The Morgan fingerprint density at radius 3 is 1.37 bits per heavy atom. The largest absolute Gasteiger partial charge is 0.330 e. The van der Waals surface area contributed by atoms with E-state index in [0.717, 1.165) is 19.3 Å². The highest BCUT2D eigenvalue weighted by molar-refractivity contribution is 7.53. The zero-order valence-electron chi connectivity index (χ0n) is 21.1. The first-order chi connectivity index (χ1) is 14.5. The summed E-state index contributed by atoms with van der Waals surface area (Å²) in [6, 6.07) is 0. The minimum absolute atomic E-state index is 0.388. The Morgan fingerprint density at radius 1 is 0.567 bits per heavy atom. The van der Waals surface area contributed by atoms with Crippen molar-refractivity contribution in [3.8, 4) is 0 Å². The Hall–Kier alpha value is 0.150. The summed E-state index contributed by atoms with van der Waals surface area (Å²) < 4.78 is 24.2. The molecular weight excluding hydrogens is 391 g/mol. The Balaban J connectivity index is 3.46. The van der Waals surface area contributed by atoms with Crippen molar-refractivity contribution in [2.45, 2.75) is 143 Å². The van der Waals surface area contributed by atoms with Gasteiger partial charge in [0.15, 0.2) is 0 Å². The number of hydrogen-bond donors (Lipinski definition) is 0. The SMILES string of the molecule is CCCCCCCCCCCCCCCCCCOP(=O)(CCCC)OCC(C)C. The lowest BCUT2D eigenvalue weighted by Crippen LogP contribution is -2.06. The van der Waals surface area contributed by atoms with Crippen molar-refractivity contribution in [2.24, 2.45) is 5.92 Å². The van der Waals surface area contributed by atoms with Gasteiger partial charge in [-0.3, -0.25) is 4.57 Å². The van der Waals surface area contributed by atoms with E-state index in [2.05, 4.69) is 27.7 Å². The quantitative estimate of drug-likeness (QED) is 0.109. The molecule has 30 heavy (non-hydrogen) atoms. The molecule has 0 radical (unpaired) electrons. The van der Waals surface area contributed by atoms with Gasteiger partial charge in [-0.2, -0.15) is 0 Å². The molecule has 0 aliphatic carbocycles. The first-order valence-corrected chi connectivity index (χ1v) is 15.1. The van der Waals surface area contributed by atoms with Crippen LogP contribution in [0, 0.1) is 5.92 Å². The summed E-state index contributed by atoms with van der Waals surface area (Å²) in [5.41, 5.74) is 0. The normalized spacial score (nSPS) is 13.8. The zero-order chi connectivity index (χ0) is 22.3. The summed E-state index contributed by atoms with van der Waals surface area (Å²) in [6.07, 6.45) is 24.3. The van der Waals surface area contributed by atoms with Crippen LogP contribution in [-0.4, -0.2) is 19.4 Å². The van der Waals surface area contributed by atoms with Gasteiger partial charge in [-0.1, -0.05) is 130 Å². The third-order valence-corrected chi connectivity index (χ3v) is 7.66. The lowest BCUT2D eigenvalue weighted by molar-refractivity contribution is 0.184. The van der Waals surface area contributed by atoms with Gasteiger partial charge in [-0.05, 0) is 18.8 Å². The van der Waals surface area contributed by atoms with Crippen LogP contribution in [0.2, 0.25) is 0 Å². The smallest absolute Gasteiger partial charge is 0.309 e. The van der Waals surface area contributed by atoms with Gasteiger partial charge in [0, 0.05) is 0 Å². The van der Waals surface area contributed by atoms with Crippen LogP contribution in [0.15, 0.2) is 0 Å². The van der Waals surface area contributed by atoms with E-state index < -0.39 is 7.60 Å². The van der Waals surface area contributed by atoms with Crippen molar-refractivity contribution < 1.29 is 13.6 Å². The second-order valence-electron chi connectivity index (χ2n) is 9.51. The van der Waals surface area contributed by atoms with E-state index in [9.17, 15) is 4.57 Å². The van der Waals surface area contributed by atoms with E-state index in [1.165, 1.54) is 96.3 Å². The molecule has 1 unspecified atom stereocenters. The van der Waals surface area contributed by atoms with Crippen LogP contribution in [0.4, 0.5) is 0 Å². The molecule has 0 heterocycles. The predicted molar refractivity (Wildman–Crippen MR) is 134 cm³/mol. The molecule has 1 atom stereocenters. The van der Waals surface area contributed by atoms with Crippen molar-refractivity contribution in [1.29, 1.82) is 0 Å². The van der Waals surface area contributed by atoms with E-state index >= 15 is 0 Å². The minimum atomic E-state index is -2.88. The van der Waals surface area contributed by atoms with Crippen molar-refractivity contribution in [2.75, 3.05) is 19.4 Å². The van der Waals surface area contributed by atoms with Crippen LogP contribution in [0.25, 0.3) is 0 Å². The maximum absolute atomic E-state index is 12.8. The number of unbranched alkanes of at least 4 members (excludes halogenated alkanes) is 16. The van der Waals surface area contributed by atoms with Crippen molar-refractivity contribution >= 4 is 7.60 Å².